The van der Waals surface area contributed by atoms with E-state index in [9.17, 15) is 0 Å². The zero-order chi connectivity index (χ0) is 19.4. The lowest BCUT2D eigenvalue weighted by atomic mass is 9.97. The second-order valence-corrected chi connectivity index (χ2v) is 7.70. The number of aliphatic imine (C=N–C) groups is 1. The van der Waals surface area contributed by atoms with Gasteiger partial charge in [-0.15, -0.1) is 0 Å². The summed E-state index contributed by atoms with van der Waals surface area (Å²) in [5.41, 5.74) is 10.5. The van der Waals surface area contributed by atoms with Gasteiger partial charge in [0.05, 0.1) is 12.2 Å². The lowest BCUT2D eigenvalue weighted by Gasteiger charge is -2.30. The lowest BCUT2D eigenvalue weighted by molar-refractivity contribution is 0.166. The molecule has 0 unspecified atom stereocenters. The maximum absolute atomic E-state index is 6.08. The van der Waals surface area contributed by atoms with Gasteiger partial charge in [0, 0.05) is 12.2 Å². The average molecular weight is 370 g/mol. The van der Waals surface area contributed by atoms with Crippen molar-refractivity contribution < 1.29 is 4.42 Å². The Balaban J connectivity index is 1.45. The Labute approximate surface area is 161 Å². The third-order valence-corrected chi connectivity index (χ3v) is 5.15. The number of anilines is 1. The predicted molar refractivity (Wildman–Crippen MR) is 110 cm³/mol. The summed E-state index contributed by atoms with van der Waals surface area (Å²) < 4.78 is 5.70. The van der Waals surface area contributed by atoms with E-state index in [1.165, 1.54) is 11.1 Å². The molecule has 0 spiro atoms. The fourth-order valence-corrected chi connectivity index (χ4v) is 3.59. The first-order chi connectivity index (χ1) is 12.9. The highest BCUT2D eigenvalue weighted by Crippen LogP contribution is 2.20. The Bertz CT molecular complexity index is 763. The van der Waals surface area contributed by atoms with Crippen LogP contribution < -0.4 is 11.1 Å². The summed E-state index contributed by atoms with van der Waals surface area (Å²) in [5.74, 6) is 2.81. The summed E-state index contributed by atoms with van der Waals surface area (Å²) in [4.78, 5) is 11.4. The van der Waals surface area contributed by atoms with Crippen LogP contribution in [0.5, 0.6) is 0 Å². The Morgan fingerprint density at radius 2 is 1.85 bits per heavy atom. The Hall–Kier alpha value is -2.34. The number of nitrogens with one attached hydrogen (secondary N) is 1. The first-order valence-electron chi connectivity index (χ1n) is 9.69. The van der Waals surface area contributed by atoms with Crippen molar-refractivity contribution in [2.45, 2.75) is 47.1 Å². The number of benzene rings is 1. The van der Waals surface area contributed by atoms with E-state index in [-0.39, 0.29) is 0 Å². The van der Waals surface area contributed by atoms with Gasteiger partial charge in [-0.1, -0.05) is 6.07 Å². The van der Waals surface area contributed by atoms with Crippen LogP contribution in [0.2, 0.25) is 0 Å². The van der Waals surface area contributed by atoms with Crippen molar-refractivity contribution in [2.24, 2.45) is 16.6 Å². The minimum atomic E-state index is 0.494. The number of nitrogens with zero attached hydrogens (tertiary/aromatic N) is 3. The average Bonchev–Trinajstić information content (AvgIpc) is 2.91. The van der Waals surface area contributed by atoms with E-state index >= 15 is 0 Å². The highest BCUT2D eigenvalue weighted by atomic mass is 16.4. The van der Waals surface area contributed by atoms with E-state index in [2.05, 4.69) is 52.2 Å². The molecule has 3 rings (SSSR count). The molecule has 3 N–H and O–H groups in total. The molecule has 0 radical (unpaired) electrons. The van der Waals surface area contributed by atoms with E-state index in [4.69, 9.17) is 10.2 Å². The van der Waals surface area contributed by atoms with Gasteiger partial charge in [0.1, 0.15) is 5.76 Å². The van der Waals surface area contributed by atoms with Crippen LogP contribution in [0.4, 0.5) is 5.69 Å². The van der Waals surface area contributed by atoms with Gasteiger partial charge in [-0.3, -0.25) is 9.89 Å². The zero-order valence-electron chi connectivity index (χ0n) is 16.9. The van der Waals surface area contributed by atoms with E-state index in [1.54, 1.807) is 0 Å². The van der Waals surface area contributed by atoms with E-state index < -0.39 is 0 Å². The highest BCUT2D eigenvalue weighted by molar-refractivity contribution is 5.92. The van der Waals surface area contributed by atoms with Crippen LogP contribution in [0, 0.1) is 33.6 Å². The predicted octanol–water partition coefficient (Wildman–Crippen LogP) is 3.55. The van der Waals surface area contributed by atoms with Gasteiger partial charge in [0.25, 0.3) is 0 Å². The number of rotatable bonds is 5. The van der Waals surface area contributed by atoms with Crippen molar-refractivity contribution in [2.75, 3.05) is 25.0 Å². The van der Waals surface area contributed by atoms with Crippen LogP contribution in [0.15, 0.2) is 27.6 Å². The molecular formula is C21H31N5O. The molecule has 1 aromatic heterocycles. The SMILES string of the molecule is Cc1cc(C)cc(NC(N)=NCC2CCN(Cc3nc(C)c(C)o3)CC2)c1. The minimum Gasteiger partial charge on any atom is -0.444 e. The quantitative estimate of drug-likeness (QED) is 0.622. The van der Waals surface area contributed by atoms with Crippen LogP contribution in [0.3, 0.4) is 0 Å². The lowest BCUT2D eigenvalue weighted by Crippen LogP contribution is -2.34. The zero-order valence-corrected chi connectivity index (χ0v) is 16.9. The van der Waals surface area contributed by atoms with Crippen molar-refractivity contribution >= 4 is 11.6 Å². The number of guanidine groups is 1. The fraction of sp³-hybridized carbons (Fsp3) is 0.524. The van der Waals surface area contributed by atoms with Gasteiger partial charge in [0.15, 0.2) is 5.96 Å². The topological polar surface area (TPSA) is 79.7 Å². The van der Waals surface area contributed by atoms with Crippen molar-refractivity contribution in [3.63, 3.8) is 0 Å². The van der Waals surface area contributed by atoms with Gasteiger partial charge in [0.2, 0.25) is 5.89 Å². The van der Waals surface area contributed by atoms with Crippen molar-refractivity contribution in [3.8, 4) is 0 Å². The van der Waals surface area contributed by atoms with E-state index in [0.717, 1.165) is 62.1 Å². The van der Waals surface area contributed by atoms with Crippen LogP contribution in [-0.2, 0) is 6.54 Å². The van der Waals surface area contributed by atoms with Crippen molar-refractivity contribution in [3.05, 3.63) is 46.7 Å². The Kier molecular flexibility index (Phi) is 6.16. The number of piperidine rings is 1. The maximum atomic E-state index is 6.08. The molecule has 27 heavy (non-hydrogen) atoms. The molecule has 1 fully saturated rings. The summed E-state index contributed by atoms with van der Waals surface area (Å²) >= 11 is 0. The Morgan fingerprint density at radius 3 is 2.44 bits per heavy atom. The summed E-state index contributed by atoms with van der Waals surface area (Å²) in [7, 11) is 0. The molecular weight excluding hydrogens is 338 g/mol. The summed E-state index contributed by atoms with van der Waals surface area (Å²) in [6.45, 7) is 11.8. The molecule has 2 aromatic rings. The normalized spacial score (nSPS) is 16.7. The Morgan fingerprint density at radius 1 is 1.19 bits per heavy atom. The first-order valence-corrected chi connectivity index (χ1v) is 9.69. The summed E-state index contributed by atoms with van der Waals surface area (Å²) in [6.07, 6.45) is 2.25. The molecule has 1 aromatic carbocycles. The molecule has 0 bridgehead atoms. The molecule has 6 nitrogen and oxygen atoms in total. The first kappa shape index (κ1) is 19.4. The van der Waals surface area contributed by atoms with Crippen LogP contribution in [-0.4, -0.2) is 35.5 Å². The van der Waals surface area contributed by atoms with Gasteiger partial charge in [-0.05, 0) is 82.8 Å². The number of oxazole rings is 1. The van der Waals surface area contributed by atoms with E-state index in [1.807, 2.05) is 13.8 Å². The second kappa shape index (κ2) is 8.57. The number of likely N-dealkylation sites (tertiary alicyclic amines) is 1. The van der Waals surface area contributed by atoms with Crippen LogP contribution >= 0.6 is 0 Å². The molecule has 1 saturated heterocycles. The molecule has 1 aliphatic rings. The number of aromatic nitrogens is 1. The number of hydrogen-bond acceptors (Lipinski definition) is 4. The summed E-state index contributed by atoms with van der Waals surface area (Å²) in [5, 5.41) is 3.21. The van der Waals surface area contributed by atoms with Gasteiger partial charge in [-0.2, -0.15) is 0 Å². The monoisotopic (exact) mass is 369 g/mol. The van der Waals surface area contributed by atoms with Crippen LogP contribution in [0.1, 0.15) is 41.3 Å². The minimum absolute atomic E-state index is 0.494. The van der Waals surface area contributed by atoms with Crippen molar-refractivity contribution in [1.29, 1.82) is 0 Å². The molecule has 0 amide bonds. The highest BCUT2D eigenvalue weighted by Gasteiger charge is 2.20. The maximum Gasteiger partial charge on any atom is 0.208 e. The number of hydrogen-bond donors (Lipinski definition) is 2. The van der Waals surface area contributed by atoms with Gasteiger partial charge < -0.3 is 15.5 Å². The second-order valence-electron chi connectivity index (χ2n) is 7.70. The van der Waals surface area contributed by atoms with Gasteiger partial charge >= 0.3 is 0 Å². The molecule has 0 saturated carbocycles. The standard InChI is InChI=1S/C21H31N5O/c1-14-9-15(2)11-19(10-14)25-21(22)23-12-18-5-7-26(8-6-18)13-20-24-16(3)17(4)27-20/h9-11,18H,5-8,12-13H2,1-4H3,(H3,22,23,25). The molecule has 0 atom stereocenters. The third kappa shape index (κ3) is 5.57. The molecule has 0 aliphatic carbocycles. The fourth-order valence-electron chi connectivity index (χ4n) is 3.59. The summed E-state index contributed by atoms with van der Waals surface area (Å²) in [6, 6.07) is 6.31. The van der Waals surface area contributed by atoms with E-state index in [0.29, 0.717) is 11.9 Å². The van der Waals surface area contributed by atoms with Crippen LogP contribution in [0.25, 0.3) is 0 Å². The smallest absolute Gasteiger partial charge is 0.208 e. The molecule has 146 valence electrons. The molecule has 2 heterocycles. The largest absolute Gasteiger partial charge is 0.444 e. The number of nitrogens with two attached hydrogens (primary N) is 1. The molecule has 1 aliphatic heterocycles. The number of aryl methyl sites for hydroxylation is 4. The van der Waals surface area contributed by atoms with Crippen molar-refractivity contribution in [1.82, 2.24) is 9.88 Å². The van der Waals surface area contributed by atoms with Gasteiger partial charge in [-0.25, -0.2) is 4.98 Å². The third-order valence-electron chi connectivity index (χ3n) is 5.15. The molecule has 6 heteroatoms.